The van der Waals surface area contributed by atoms with Crippen LogP contribution in [0.4, 0.5) is 0 Å². The molecule has 2 N–H and O–H groups in total. The number of nitrogens with two attached hydrogens (primary N) is 1. The molecule has 0 aliphatic carbocycles. The maximum Gasteiger partial charge on any atom is 0.242 e. The molecule has 0 radical (unpaired) electrons. The summed E-state index contributed by atoms with van der Waals surface area (Å²) in [6.45, 7) is 3.62. The van der Waals surface area contributed by atoms with Crippen LogP contribution in [0.2, 0.25) is 0 Å². The van der Waals surface area contributed by atoms with E-state index in [4.69, 9.17) is 10.7 Å². The highest BCUT2D eigenvalue weighted by molar-refractivity contribution is 7.13. The number of aryl methyl sites for hydroxylation is 1. The third-order valence-electron chi connectivity index (χ3n) is 4.47. The monoisotopic (exact) mass is 341 g/mol. The SMILES string of the molecule is Cc1ncsc1-c1nc2ccccc2n1CC(=O)N1CC[C@H](N)C1. The number of aromatic nitrogens is 3. The number of carbonyl (C=O) groups excluding carboxylic acids is 1. The van der Waals surface area contributed by atoms with E-state index in [0.717, 1.165) is 40.4 Å². The topological polar surface area (TPSA) is 77.0 Å². The van der Waals surface area contributed by atoms with Crippen LogP contribution >= 0.6 is 11.3 Å². The second-order valence-electron chi connectivity index (χ2n) is 6.17. The number of thiazole rings is 1. The second kappa shape index (κ2) is 5.99. The van der Waals surface area contributed by atoms with Crippen LogP contribution in [0.15, 0.2) is 29.8 Å². The fourth-order valence-electron chi connectivity index (χ4n) is 3.17. The normalized spacial score (nSPS) is 17.8. The van der Waals surface area contributed by atoms with E-state index in [1.54, 1.807) is 11.3 Å². The standard InChI is InChI=1S/C17H19N5OS/c1-11-16(24-10-19-11)17-20-13-4-2-3-5-14(13)22(17)9-15(23)21-7-6-12(18)8-21/h2-5,10,12H,6-9,18H2,1H3/t12-/m0/s1. The number of likely N-dealkylation sites (tertiary alicyclic amines) is 1. The Kier molecular flexibility index (Phi) is 3.82. The van der Waals surface area contributed by atoms with Crippen molar-refractivity contribution >= 4 is 28.3 Å². The first-order valence-electron chi connectivity index (χ1n) is 8.02. The number of nitrogens with zero attached hydrogens (tertiary/aromatic N) is 4. The van der Waals surface area contributed by atoms with Crippen LogP contribution in [0.25, 0.3) is 21.7 Å². The van der Waals surface area contributed by atoms with Crippen molar-refractivity contribution in [2.45, 2.75) is 25.9 Å². The number of benzene rings is 1. The molecule has 3 aromatic rings. The van der Waals surface area contributed by atoms with Crippen LogP contribution in [-0.4, -0.2) is 44.5 Å². The van der Waals surface area contributed by atoms with Gasteiger partial charge in [0, 0.05) is 19.1 Å². The first kappa shape index (κ1) is 15.3. The van der Waals surface area contributed by atoms with Crippen molar-refractivity contribution in [1.82, 2.24) is 19.4 Å². The highest BCUT2D eigenvalue weighted by Crippen LogP contribution is 2.30. The Bertz CT molecular complexity index is 899. The lowest BCUT2D eigenvalue weighted by Crippen LogP contribution is -2.34. The molecule has 3 heterocycles. The zero-order valence-electron chi connectivity index (χ0n) is 13.5. The minimum atomic E-state index is 0.0921. The summed E-state index contributed by atoms with van der Waals surface area (Å²) in [4.78, 5) is 24.7. The Balaban J connectivity index is 1.76. The van der Waals surface area contributed by atoms with Crippen molar-refractivity contribution in [3.05, 3.63) is 35.5 Å². The molecule has 1 amide bonds. The van der Waals surface area contributed by atoms with Gasteiger partial charge in [-0.1, -0.05) is 12.1 Å². The van der Waals surface area contributed by atoms with Gasteiger partial charge in [-0.2, -0.15) is 0 Å². The number of hydrogen-bond acceptors (Lipinski definition) is 5. The van der Waals surface area contributed by atoms with E-state index in [-0.39, 0.29) is 18.5 Å². The number of hydrogen-bond donors (Lipinski definition) is 1. The Labute approximate surface area is 143 Å². The van der Waals surface area contributed by atoms with Crippen molar-refractivity contribution in [2.24, 2.45) is 5.73 Å². The quantitative estimate of drug-likeness (QED) is 0.791. The van der Waals surface area contributed by atoms with Gasteiger partial charge in [-0.25, -0.2) is 9.97 Å². The maximum atomic E-state index is 12.7. The molecule has 1 aromatic carbocycles. The number of fused-ring (bicyclic) bond motifs is 1. The Morgan fingerprint density at radius 2 is 2.25 bits per heavy atom. The van der Waals surface area contributed by atoms with E-state index in [2.05, 4.69) is 4.98 Å². The zero-order valence-corrected chi connectivity index (χ0v) is 14.3. The van der Waals surface area contributed by atoms with Crippen molar-refractivity contribution in [1.29, 1.82) is 0 Å². The predicted octanol–water partition coefficient (Wildman–Crippen LogP) is 2.03. The van der Waals surface area contributed by atoms with Crippen molar-refractivity contribution in [2.75, 3.05) is 13.1 Å². The molecule has 124 valence electrons. The zero-order chi connectivity index (χ0) is 16.7. The minimum absolute atomic E-state index is 0.0921. The van der Waals surface area contributed by atoms with Gasteiger partial charge in [0.2, 0.25) is 5.91 Å². The summed E-state index contributed by atoms with van der Waals surface area (Å²) >= 11 is 1.55. The molecule has 4 rings (SSSR count). The molecule has 1 fully saturated rings. The molecule has 1 aliphatic rings. The van der Waals surface area contributed by atoms with Gasteiger partial charge in [0.1, 0.15) is 6.54 Å². The van der Waals surface area contributed by atoms with Crippen LogP contribution in [0.3, 0.4) is 0 Å². The lowest BCUT2D eigenvalue weighted by atomic mass is 10.3. The molecular formula is C17H19N5OS. The number of amides is 1. The van der Waals surface area contributed by atoms with Crippen LogP contribution in [0.1, 0.15) is 12.1 Å². The molecule has 2 aromatic heterocycles. The Morgan fingerprint density at radius 3 is 2.96 bits per heavy atom. The summed E-state index contributed by atoms with van der Waals surface area (Å²) < 4.78 is 2.00. The van der Waals surface area contributed by atoms with Crippen LogP contribution < -0.4 is 5.73 Å². The van der Waals surface area contributed by atoms with Gasteiger partial charge in [0.05, 0.1) is 27.1 Å². The van der Waals surface area contributed by atoms with Crippen molar-refractivity contribution in [3.8, 4) is 10.7 Å². The van der Waals surface area contributed by atoms with Crippen molar-refractivity contribution < 1.29 is 4.79 Å². The lowest BCUT2D eigenvalue weighted by molar-refractivity contribution is -0.130. The molecule has 0 unspecified atom stereocenters. The Morgan fingerprint density at radius 1 is 1.42 bits per heavy atom. The molecule has 0 saturated carbocycles. The molecular weight excluding hydrogens is 322 g/mol. The maximum absolute atomic E-state index is 12.7. The first-order valence-corrected chi connectivity index (χ1v) is 8.90. The van der Waals surface area contributed by atoms with E-state index in [1.807, 2.05) is 46.2 Å². The number of para-hydroxylation sites is 2. The summed E-state index contributed by atoms with van der Waals surface area (Å²) in [7, 11) is 0. The first-order chi connectivity index (χ1) is 11.6. The van der Waals surface area contributed by atoms with Crippen LogP contribution in [0, 0.1) is 6.92 Å². The van der Waals surface area contributed by atoms with E-state index in [0.29, 0.717) is 6.54 Å². The summed E-state index contributed by atoms with van der Waals surface area (Å²) in [6.07, 6.45) is 0.872. The van der Waals surface area contributed by atoms with Gasteiger partial charge in [0.15, 0.2) is 5.82 Å². The van der Waals surface area contributed by atoms with E-state index in [1.165, 1.54) is 0 Å². The van der Waals surface area contributed by atoms with Gasteiger partial charge in [-0.05, 0) is 25.5 Å². The Hall–Kier alpha value is -2.25. The summed E-state index contributed by atoms with van der Waals surface area (Å²) in [6, 6.07) is 8.01. The van der Waals surface area contributed by atoms with Crippen LogP contribution in [-0.2, 0) is 11.3 Å². The van der Waals surface area contributed by atoms with Gasteiger partial charge >= 0.3 is 0 Å². The predicted molar refractivity (Wildman–Crippen MR) is 94.8 cm³/mol. The average Bonchev–Trinajstić information content (AvgIpc) is 3.27. The molecule has 0 spiro atoms. The average molecular weight is 341 g/mol. The van der Waals surface area contributed by atoms with E-state index < -0.39 is 0 Å². The highest BCUT2D eigenvalue weighted by atomic mass is 32.1. The lowest BCUT2D eigenvalue weighted by Gasteiger charge is -2.17. The number of carbonyl (C=O) groups is 1. The molecule has 6 nitrogen and oxygen atoms in total. The molecule has 1 saturated heterocycles. The largest absolute Gasteiger partial charge is 0.340 e. The number of rotatable bonds is 3. The number of imidazole rings is 1. The van der Waals surface area contributed by atoms with Gasteiger partial charge < -0.3 is 15.2 Å². The van der Waals surface area contributed by atoms with E-state index in [9.17, 15) is 4.79 Å². The molecule has 1 aliphatic heterocycles. The molecule has 0 bridgehead atoms. The fraction of sp³-hybridized carbons (Fsp3) is 0.353. The minimum Gasteiger partial charge on any atom is -0.340 e. The second-order valence-corrected chi connectivity index (χ2v) is 7.02. The van der Waals surface area contributed by atoms with Crippen molar-refractivity contribution in [3.63, 3.8) is 0 Å². The highest BCUT2D eigenvalue weighted by Gasteiger charge is 2.25. The summed E-state index contributed by atoms with van der Waals surface area (Å²) in [5.41, 5.74) is 10.6. The molecule has 7 heteroatoms. The van der Waals surface area contributed by atoms with Crippen LogP contribution in [0.5, 0.6) is 0 Å². The third-order valence-corrected chi connectivity index (χ3v) is 5.40. The molecule has 1 atom stereocenters. The van der Waals surface area contributed by atoms with E-state index >= 15 is 0 Å². The van der Waals surface area contributed by atoms with Gasteiger partial charge in [-0.15, -0.1) is 11.3 Å². The van der Waals surface area contributed by atoms with Gasteiger partial charge in [0.25, 0.3) is 0 Å². The molecule has 24 heavy (non-hydrogen) atoms. The summed E-state index contributed by atoms with van der Waals surface area (Å²) in [5, 5.41) is 0. The fourth-order valence-corrected chi connectivity index (χ4v) is 3.98. The van der Waals surface area contributed by atoms with Gasteiger partial charge in [-0.3, -0.25) is 4.79 Å². The smallest absolute Gasteiger partial charge is 0.242 e. The third kappa shape index (κ3) is 2.59. The summed E-state index contributed by atoms with van der Waals surface area (Å²) in [5.74, 6) is 0.905.